The van der Waals surface area contributed by atoms with E-state index < -0.39 is 11.4 Å². The third kappa shape index (κ3) is 3.86. The zero-order chi connectivity index (χ0) is 15.8. The van der Waals surface area contributed by atoms with E-state index in [2.05, 4.69) is 0 Å². The number of hydrogen-bond acceptors (Lipinski definition) is 3. The largest absolute Gasteiger partial charge is 0.444 e. The molecule has 1 fully saturated rings. The number of rotatable bonds is 1. The van der Waals surface area contributed by atoms with Crippen molar-refractivity contribution in [3.63, 3.8) is 0 Å². The van der Waals surface area contributed by atoms with Gasteiger partial charge in [-0.25, -0.2) is 9.18 Å². The van der Waals surface area contributed by atoms with E-state index in [1.807, 2.05) is 20.8 Å². The average molecular weight is 315 g/mol. The second-order valence-electron chi connectivity index (χ2n) is 6.33. The van der Waals surface area contributed by atoms with Gasteiger partial charge in [-0.2, -0.15) is 0 Å². The lowest BCUT2D eigenvalue weighted by Gasteiger charge is -2.24. The average Bonchev–Trinajstić information content (AvgIpc) is 2.73. The molecule has 1 saturated heterocycles. The van der Waals surface area contributed by atoms with Crippen LogP contribution >= 0.6 is 11.6 Å². The normalized spacial score (nSPS) is 22.5. The molecule has 1 aromatic rings. The van der Waals surface area contributed by atoms with Crippen LogP contribution in [0.5, 0.6) is 0 Å². The topological polar surface area (TPSA) is 55.6 Å². The predicted octanol–water partition coefficient (Wildman–Crippen LogP) is 3.14. The summed E-state index contributed by atoms with van der Waals surface area (Å²) >= 11 is 5.80. The number of likely N-dealkylation sites (tertiary alicyclic amines) is 1. The Morgan fingerprint density at radius 1 is 1.43 bits per heavy atom. The number of nitrogens with zero attached hydrogens (tertiary/aromatic N) is 1. The summed E-state index contributed by atoms with van der Waals surface area (Å²) in [6, 6.07) is 4.32. The molecule has 0 bridgehead atoms. The van der Waals surface area contributed by atoms with Crippen LogP contribution in [-0.2, 0) is 4.74 Å². The highest BCUT2D eigenvalue weighted by Crippen LogP contribution is 2.30. The second-order valence-corrected chi connectivity index (χ2v) is 6.74. The molecule has 0 spiro atoms. The van der Waals surface area contributed by atoms with Crippen molar-refractivity contribution in [2.24, 2.45) is 5.73 Å². The molecule has 6 heteroatoms. The monoisotopic (exact) mass is 314 g/mol. The molecule has 0 aromatic heterocycles. The fourth-order valence-electron chi connectivity index (χ4n) is 2.40. The lowest BCUT2D eigenvalue weighted by Crippen LogP contribution is -2.36. The van der Waals surface area contributed by atoms with Crippen LogP contribution in [-0.4, -0.2) is 35.7 Å². The third-order valence-corrected chi connectivity index (χ3v) is 3.68. The first-order valence-corrected chi connectivity index (χ1v) is 7.23. The number of benzene rings is 1. The van der Waals surface area contributed by atoms with Crippen molar-refractivity contribution in [1.82, 2.24) is 4.90 Å². The van der Waals surface area contributed by atoms with Gasteiger partial charge in [0.2, 0.25) is 0 Å². The van der Waals surface area contributed by atoms with Gasteiger partial charge < -0.3 is 15.4 Å². The molecule has 1 amide bonds. The maximum atomic E-state index is 13.2. The quantitative estimate of drug-likeness (QED) is 0.866. The molecular weight excluding hydrogens is 295 g/mol. The minimum Gasteiger partial charge on any atom is -0.444 e. The number of halogens is 2. The molecule has 1 heterocycles. The van der Waals surface area contributed by atoms with Crippen molar-refractivity contribution in [1.29, 1.82) is 0 Å². The van der Waals surface area contributed by atoms with Crippen LogP contribution in [0.3, 0.4) is 0 Å². The molecule has 2 atom stereocenters. The van der Waals surface area contributed by atoms with Crippen LogP contribution in [0.4, 0.5) is 9.18 Å². The molecule has 0 saturated carbocycles. The van der Waals surface area contributed by atoms with Gasteiger partial charge in [0.05, 0.1) is 5.02 Å². The Morgan fingerprint density at radius 3 is 2.67 bits per heavy atom. The van der Waals surface area contributed by atoms with Crippen molar-refractivity contribution in [2.45, 2.75) is 38.3 Å². The molecule has 2 rings (SSSR count). The minimum atomic E-state index is -0.543. The summed E-state index contributed by atoms with van der Waals surface area (Å²) < 4.78 is 18.6. The van der Waals surface area contributed by atoms with Gasteiger partial charge in [0.15, 0.2) is 0 Å². The summed E-state index contributed by atoms with van der Waals surface area (Å²) in [7, 11) is 0. The van der Waals surface area contributed by atoms with E-state index in [4.69, 9.17) is 22.1 Å². The van der Waals surface area contributed by atoms with Crippen molar-refractivity contribution in [3.05, 3.63) is 34.6 Å². The van der Waals surface area contributed by atoms with Gasteiger partial charge in [0, 0.05) is 25.0 Å². The van der Waals surface area contributed by atoms with Gasteiger partial charge in [-0.3, -0.25) is 0 Å². The number of amides is 1. The summed E-state index contributed by atoms with van der Waals surface area (Å²) in [6.45, 7) is 6.31. The standard InChI is InChI=1S/C15H20ClFN2O2/c1-15(2,3)21-14(20)19-7-10(13(18)8-19)9-4-5-12(17)11(16)6-9/h4-6,10,13H,7-8,18H2,1-3H3/t10-,13+/m1/s1. The van der Waals surface area contributed by atoms with Crippen molar-refractivity contribution in [2.75, 3.05) is 13.1 Å². The van der Waals surface area contributed by atoms with E-state index in [1.165, 1.54) is 6.07 Å². The van der Waals surface area contributed by atoms with Crippen molar-refractivity contribution < 1.29 is 13.9 Å². The summed E-state index contributed by atoms with van der Waals surface area (Å²) in [5.74, 6) is -0.536. The SMILES string of the molecule is CC(C)(C)OC(=O)N1C[C@H](c2ccc(F)c(Cl)c2)[C@@H](N)C1. The lowest BCUT2D eigenvalue weighted by molar-refractivity contribution is 0.0290. The summed E-state index contributed by atoms with van der Waals surface area (Å²) in [4.78, 5) is 13.6. The highest BCUT2D eigenvalue weighted by Gasteiger charge is 2.36. The number of ether oxygens (including phenoxy) is 1. The Kier molecular flexibility index (Phi) is 4.44. The van der Waals surface area contributed by atoms with Crippen molar-refractivity contribution >= 4 is 17.7 Å². The van der Waals surface area contributed by atoms with E-state index in [0.29, 0.717) is 13.1 Å². The van der Waals surface area contributed by atoms with Gasteiger partial charge in [-0.05, 0) is 38.5 Å². The van der Waals surface area contributed by atoms with E-state index >= 15 is 0 Å². The van der Waals surface area contributed by atoms with E-state index in [0.717, 1.165) is 5.56 Å². The lowest BCUT2D eigenvalue weighted by atomic mass is 9.95. The summed E-state index contributed by atoms with van der Waals surface area (Å²) in [5.41, 5.74) is 6.39. The summed E-state index contributed by atoms with van der Waals surface area (Å²) in [6.07, 6.45) is -0.381. The number of carbonyl (C=O) groups is 1. The number of carbonyl (C=O) groups excluding carboxylic acids is 1. The van der Waals surface area contributed by atoms with Crippen LogP contribution < -0.4 is 5.73 Å². The van der Waals surface area contributed by atoms with E-state index in [1.54, 1.807) is 17.0 Å². The Balaban J connectivity index is 2.10. The van der Waals surface area contributed by atoms with Crippen LogP contribution in [0.15, 0.2) is 18.2 Å². The third-order valence-electron chi connectivity index (χ3n) is 3.39. The number of nitrogens with two attached hydrogens (primary N) is 1. The second kappa shape index (κ2) is 5.81. The first kappa shape index (κ1) is 16.0. The molecule has 1 aliphatic rings. The Bertz CT molecular complexity index is 545. The molecule has 4 nitrogen and oxygen atoms in total. The summed E-state index contributed by atoms with van der Waals surface area (Å²) in [5, 5.41) is 0.0652. The van der Waals surface area contributed by atoms with Crippen molar-refractivity contribution in [3.8, 4) is 0 Å². The number of hydrogen-bond donors (Lipinski definition) is 1. The molecule has 0 unspecified atom stereocenters. The highest BCUT2D eigenvalue weighted by molar-refractivity contribution is 6.30. The fourth-order valence-corrected chi connectivity index (χ4v) is 2.59. The predicted molar refractivity (Wildman–Crippen MR) is 79.9 cm³/mol. The molecule has 21 heavy (non-hydrogen) atoms. The zero-order valence-corrected chi connectivity index (χ0v) is 13.2. The minimum absolute atomic E-state index is 0.0652. The Morgan fingerprint density at radius 2 is 2.10 bits per heavy atom. The molecule has 116 valence electrons. The zero-order valence-electron chi connectivity index (χ0n) is 12.4. The van der Waals surface area contributed by atoms with Gasteiger partial charge in [-0.1, -0.05) is 17.7 Å². The van der Waals surface area contributed by atoms with Crippen LogP contribution in [0.25, 0.3) is 0 Å². The molecule has 0 radical (unpaired) electrons. The maximum absolute atomic E-state index is 13.2. The fraction of sp³-hybridized carbons (Fsp3) is 0.533. The first-order chi connectivity index (χ1) is 9.67. The molecule has 2 N–H and O–H groups in total. The smallest absolute Gasteiger partial charge is 0.410 e. The molecular formula is C15H20ClFN2O2. The van der Waals surface area contributed by atoms with E-state index in [-0.39, 0.29) is 23.1 Å². The highest BCUT2D eigenvalue weighted by atomic mass is 35.5. The van der Waals surface area contributed by atoms with Gasteiger partial charge >= 0.3 is 6.09 Å². The molecule has 0 aliphatic carbocycles. The molecule has 1 aromatic carbocycles. The van der Waals surface area contributed by atoms with Crippen LogP contribution in [0.2, 0.25) is 5.02 Å². The van der Waals surface area contributed by atoms with Gasteiger partial charge in [0.1, 0.15) is 11.4 Å². The molecule has 1 aliphatic heterocycles. The first-order valence-electron chi connectivity index (χ1n) is 6.86. The Labute approximate surface area is 129 Å². The van der Waals surface area contributed by atoms with Gasteiger partial charge in [-0.15, -0.1) is 0 Å². The van der Waals surface area contributed by atoms with Crippen LogP contribution in [0.1, 0.15) is 32.3 Å². The maximum Gasteiger partial charge on any atom is 0.410 e. The Hall–Kier alpha value is -1.33. The van der Waals surface area contributed by atoms with Gasteiger partial charge in [0.25, 0.3) is 0 Å². The van der Waals surface area contributed by atoms with E-state index in [9.17, 15) is 9.18 Å². The van der Waals surface area contributed by atoms with Crippen LogP contribution in [0, 0.1) is 5.82 Å².